The molecule has 1 aromatic heterocycles. The maximum Gasteiger partial charge on any atom is 0.161 e. The zero-order chi connectivity index (χ0) is 13.1. The molecule has 2 aromatic rings. The SMILES string of the molecule is CCc1ccc(OC)c(-c2nc(C#N)c(C)[nH]2)c1. The molecule has 0 aliphatic heterocycles. The van der Waals surface area contributed by atoms with Gasteiger partial charge in [-0.1, -0.05) is 13.0 Å². The van der Waals surface area contributed by atoms with Gasteiger partial charge in [0.15, 0.2) is 5.69 Å². The molecule has 0 saturated carbocycles. The van der Waals surface area contributed by atoms with Gasteiger partial charge in [-0.25, -0.2) is 4.98 Å². The van der Waals surface area contributed by atoms with Crippen molar-refractivity contribution in [1.82, 2.24) is 9.97 Å². The van der Waals surface area contributed by atoms with E-state index in [2.05, 4.69) is 23.0 Å². The van der Waals surface area contributed by atoms with Crippen LogP contribution in [0.2, 0.25) is 0 Å². The topological polar surface area (TPSA) is 61.7 Å². The Morgan fingerprint density at radius 2 is 2.22 bits per heavy atom. The van der Waals surface area contributed by atoms with Crippen LogP contribution in [0.5, 0.6) is 5.75 Å². The molecule has 0 atom stereocenters. The Morgan fingerprint density at radius 1 is 1.44 bits per heavy atom. The number of hydrogen-bond donors (Lipinski definition) is 1. The van der Waals surface area contributed by atoms with E-state index in [-0.39, 0.29) is 0 Å². The van der Waals surface area contributed by atoms with Crippen LogP contribution in [0.15, 0.2) is 18.2 Å². The Morgan fingerprint density at radius 3 is 2.78 bits per heavy atom. The highest BCUT2D eigenvalue weighted by Gasteiger charge is 2.12. The van der Waals surface area contributed by atoms with Gasteiger partial charge in [-0.3, -0.25) is 0 Å². The standard InChI is InChI=1S/C14H15N3O/c1-4-10-5-6-13(18-3)11(7-10)14-16-9(2)12(8-15)17-14/h5-7H,4H2,1-3H3,(H,16,17). The van der Waals surface area contributed by atoms with E-state index < -0.39 is 0 Å². The Balaban J connectivity index is 2.57. The lowest BCUT2D eigenvalue weighted by molar-refractivity contribution is 0.416. The molecule has 0 fully saturated rings. The lowest BCUT2D eigenvalue weighted by Gasteiger charge is -2.07. The number of aryl methyl sites for hydroxylation is 2. The molecular formula is C14H15N3O. The minimum absolute atomic E-state index is 0.425. The third-order valence-electron chi connectivity index (χ3n) is 2.92. The molecule has 4 nitrogen and oxygen atoms in total. The van der Waals surface area contributed by atoms with Gasteiger partial charge in [0.1, 0.15) is 17.6 Å². The van der Waals surface area contributed by atoms with Gasteiger partial charge in [0.05, 0.1) is 18.4 Å². The number of imidazole rings is 1. The van der Waals surface area contributed by atoms with Gasteiger partial charge in [0, 0.05) is 0 Å². The summed E-state index contributed by atoms with van der Waals surface area (Å²) < 4.78 is 5.34. The fraction of sp³-hybridized carbons (Fsp3) is 0.286. The van der Waals surface area contributed by atoms with Crippen molar-refractivity contribution in [3.05, 3.63) is 35.2 Å². The van der Waals surface area contributed by atoms with Crippen molar-refractivity contribution in [2.24, 2.45) is 0 Å². The summed E-state index contributed by atoms with van der Waals surface area (Å²) in [6.07, 6.45) is 0.946. The number of methoxy groups -OCH3 is 1. The smallest absolute Gasteiger partial charge is 0.161 e. The highest BCUT2D eigenvalue weighted by atomic mass is 16.5. The van der Waals surface area contributed by atoms with Crippen LogP contribution < -0.4 is 4.74 Å². The molecule has 1 N–H and O–H groups in total. The summed E-state index contributed by atoms with van der Waals surface area (Å²) in [5.41, 5.74) is 3.30. The molecule has 0 amide bonds. The molecule has 0 radical (unpaired) electrons. The fourth-order valence-electron chi connectivity index (χ4n) is 1.86. The molecule has 0 aliphatic carbocycles. The van der Waals surface area contributed by atoms with Crippen molar-refractivity contribution in [3.8, 4) is 23.2 Å². The summed E-state index contributed by atoms with van der Waals surface area (Å²) in [6, 6.07) is 8.07. The molecule has 0 aliphatic rings. The van der Waals surface area contributed by atoms with E-state index in [0.29, 0.717) is 11.5 Å². The molecule has 1 heterocycles. The first-order chi connectivity index (χ1) is 8.69. The Hall–Kier alpha value is -2.28. The molecule has 18 heavy (non-hydrogen) atoms. The van der Waals surface area contributed by atoms with E-state index in [1.807, 2.05) is 25.1 Å². The first-order valence-corrected chi connectivity index (χ1v) is 5.83. The Labute approximate surface area is 106 Å². The zero-order valence-electron chi connectivity index (χ0n) is 10.7. The van der Waals surface area contributed by atoms with Gasteiger partial charge in [-0.15, -0.1) is 0 Å². The van der Waals surface area contributed by atoms with E-state index >= 15 is 0 Å². The predicted octanol–water partition coefficient (Wildman–Crippen LogP) is 2.83. The number of H-pyrrole nitrogens is 1. The highest BCUT2D eigenvalue weighted by molar-refractivity contribution is 5.66. The second kappa shape index (κ2) is 4.92. The summed E-state index contributed by atoms with van der Waals surface area (Å²) in [4.78, 5) is 7.41. The van der Waals surface area contributed by atoms with E-state index in [1.54, 1.807) is 7.11 Å². The Bertz CT molecular complexity index is 608. The van der Waals surface area contributed by atoms with Gasteiger partial charge in [0.25, 0.3) is 0 Å². The molecule has 0 bridgehead atoms. The average Bonchev–Trinajstić information content (AvgIpc) is 2.79. The van der Waals surface area contributed by atoms with Crippen LogP contribution in [0.4, 0.5) is 0 Å². The van der Waals surface area contributed by atoms with Gasteiger partial charge < -0.3 is 9.72 Å². The molecule has 0 saturated heterocycles. The van der Waals surface area contributed by atoms with Gasteiger partial charge in [0.2, 0.25) is 0 Å². The maximum absolute atomic E-state index is 8.94. The summed E-state index contributed by atoms with van der Waals surface area (Å²) in [5, 5.41) is 8.94. The maximum atomic E-state index is 8.94. The first kappa shape index (κ1) is 12.2. The van der Waals surface area contributed by atoms with Gasteiger partial charge in [-0.2, -0.15) is 5.26 Å². The minimum Gasteiger partial charge on any atom is -0.496 e. The monoisotopic (exact) mass is 241 g/mol. The number of hydrogen-bond acceptors (Lipinski definition) is 3. The average molecular weight is 241 g/mol. The van der Waals surface area contributed by atoms with Crippen LogP contribution in [0, 0.1) is 18.3 Å². The van der Waals surface area contributed by atoms with Crippen LogP contribution in [0.25, 0.3) is 11.4 Å². The van der Waals surface area contributed by atoms with E-state index in [0.717, 1.165) is 23.4 Å². The highest BCUT2D eigenvalue weighted by Crippen LogP contribution is 2.29. The first-order valence-electron chi connectivity index (χ1n) is 5.83. The summed E-state index contributed by atoms with van der Waals surface area (Å²) >= 11 is 0. The summed E-state index contributed by atoms with van der Waals surface area (Å²) in [7, 11) is 1.63. The number of aromatic nitrogens is 2. The quantitative estimate of drug-likeness (QED) is 0.898. The van der Waals surface area contributed by atoms with Crippen molar-refractivity contribution in [2.75, 3.05) is 7.11 Å². The zero-order valence-corrected chi connectivity index (χ0v) is 10.7. The third-order valence-corrected chi connectivity index (χ3v) is 2.92. The van der Waals surface area contributed by atoms with E-state index in [9.17, 15) is 0 Å². The van der Waals surface area contributed by atoms with Crippen LogP contribution in [0.3, 0.4) is 0 Å². The molecule has 1 aromatic carbocycles. The number of benzene rings is 1. The molecule has 4 heteroatoms. The third kappa shape index (κ3) is 2.07. The summed E-state index contributed by atoms with van der Waals surface area (Å²) in [6.45, 7) is 3.94. The van der Waals surface area contributed by atoms with Crippen molar-refractivity contribution >= 4 is 0 Å². The fourth-order valence-corrected chi connectivity index (χ4v) is 1.86. The van der Waals surface area contributed by atoms with E-state index in [1.165, 1.54) is 5.56 Å². The number of nitriles is 1. The van der Waals surface area contributed by atoms with Crippen LogP contribution in [-0.2, 0) is 6.42 Å². The largest absolute Gasteiger partial charge is 0.496 e. The number of aromatic amines is 1. The predicted molar refractivity (Wildman–Crippen MR) is 69.4 cm³/mol. The number of rotatable bonds is 3. The molecular weight excluding hydrogens is 226 g/mol. The number of nitrogens with zero attached hydrogens (tertiary/aromatic N) is 2. The van der Waals surface area contributed by atoms with Crippen LogP contribution in [0.1, 0.15) is 23.9 Å². The van der Waals surface area contributed by atoms with Crippen molar-refractivity contribution in [2.45, 2.75) is 20.3 Å². The van der Waals surface area contributed by atoms with Crippen molar-refractivity contribution < 1.29 is 4.74 Å². The number of nitrogens with one attached hydrogen (secondary N) is 1. The van der Waals surface area contributed by atoms with Crippen molar-refractivity contribution in [1.29, 1.82) is 5.26 Å². The van der Waals surface area contributed by atoms with Crippen molar-refractivity contribution in [3.63, 3.8) is 0 Å². The lowest BCUT2D eigenvalue weighted by atomic mass is 10.1. The second-order valence-corrected chi connectivity index (χ2v) is 4.06. The van der Waals surface area contributed by atoms with E-state index in [4.69, 9.17) is 10.00 Å². The molecule has 92 valence electrons. The normalized spacial score (nSPS) is 10.1. The van der Waals surface area contributed by atoms with Crippen LogP contribution >= 0.6 is 0 Å². The molecule has 0 spiro atoms. The Kier molecular flexibility index (Phi) is 3.33. The number of ether oxygens (including phenoxy) is 1. The second-order valence-electron chi connectivity index (χ2n) is 4.06. The lowest BCUT2D eigenvalue weighted by Crippen LogP contribution is -1.91. The molecule has 0 unspecified atom stereocenters. The van der Waals surface area contributed by atoms with Gasteiger partial charge in [-0.05, 0) is 31.0 Å². The minimum atomic E-state index is 0.425. The van der Waals surface area contributed by atoms with Gasteiger partial charge >= 0.3 is 0 Å². The van der Waals surface area contributed by atoms with Crippen LogP contribution in [-0.4, -0.2) is 17.1 Å². The summed E-state index contributed by atoms with van der Waals surface area (Å²) in [5.74, 6) is 1.43. The molecule has 2 rings (SSSR count).